The lowest BCUT2D eigenvalue weighted by atomic mass is 10.1. The van der Waals surface area contributed by atoms with E-state index in [-0.39, 0.29) is 11.3 Å². The van der Waals surface area contributed by atoms with E-state index in [4.69, 9.17) is 0 Å². The van der Waals surface area contributed by atoms with Crippen LogP contribution in [0.25, 0.3) is 0 Å². The second-order valence-electron chi connectivity index (χ2n) is 3.81. The topological polar surface area (TPSA) is 26.3 Å². The average molecular weight is 172 g/mol. The van der Waals surface area contributed by atoms with Gasteiger partial charge in [-0.25, -0.2) is 4.79 Å². The van der Waals surface area contributed by atoms with Gasteiger partial charge in [-0.05, 0) is 23.8 Å². The smallest absolute Gasteiger partial charge is 0.366 e. The molecule has 0 saturated heterocycles. The minimum atomic E-state index is -0.877. The number of allylic oxidation sites excluding steroid dienone is 1. The molecule has 0 bridgehead atoms. The number of esters is 1. The maximum absolute atomic E-state index is 12.8. The molecular formula is C9H13FO2. The molecule has 1 aliphatic carbocycles. The van der Waals surface area contributed by atoms with Crippen molar-refractivity contribution in [2.45, 2.75) is 20.3 Å². The number of rotatable bonds is 2. The van der Waals surface area contributed by atoms with Crippen molar-refractivity contribution in [1.29, 1.82) is 0 Å². The van der Waals surface area contributed by atoms with Crippen molar-refractivity contribution in [3.8, 4) is 0 Å². The van der Waals surface area contributed by atoms with Crippen molar-refractivity contribution in [2.75, 3.05) is 7.11 Å². The van der Waals surface area contributed by atoms with Crippen molar-refractivity contribution in [2.24, 2.45) is 11.3 Å². The van der Waals surface area contributed by atoms with E-state index in [9.17, 15) is 9.18 Å². The van der Waals surface area contributed by atoms with Gasteiger partial charge in [0.1, 0.15) is 0 Å². The van der Waals surface area contributed by atoms with E-state index in [1.54, 1.807) is 0 Å². The van der Waals surface area contributed by atoms with E-state index in [2.05, 4.69) is 4.74 Å². The molecule has 0 N–H and O–H groups in total. The molecule has 2 nitrogen and oxygen atoms in total. The van der Waals surface area contributed by atoms with Gasteiger partial charge in [-0.1, -0.05) is 13.8 Å². The third kappa shape index (κ3) is 1.84. The highest BCUT2D eigenvalue weighted by Gasteiger charge is 2.44. The quantitative estimate of drug-likeness (QED) is 0.470. The van der Waals surface area contributed by atoms with Gasteiger partial charge in [0.05, 0.1) is 7.11 Å². The van der Waals surface area contributed by atoms with Crippen LogP contribution in [0.1, 0.15) is 20.3 Å². The lowest BCUT2D eigenvalue weighted by Gasteiger charge is -1.97. The second kappa shape index (κ2) is 2.88. The molecule has 0 aromatic carbocycles. The number of hydrogen-bond donors (Lipinski definition) is 0. The van der Waals surface area contributed by atoms with Gasteiger partial charge in [0.25, 0.3) is 0 Å². The molecule has 0 radical (unpaired) electrons. The molecule has 12 heavy (non-hydrogen) atoms. The fourth-order valence-corrected chi connectivity index (χ4v) is 1.13. The Morgan fingerprint density at radius 1 is 1.67 bits per heavy atom. The van der Waals surface area contributed by atoms with Crippen molar-refractivity contribution in [1.82, 2.24) is 0 Å². The van der Waals surface area contributed by atoms with Gasteiger partial charge in [-0.2, -0.15) is 4.39 Å². The third-order valence-electron chi connectivity index (χ3n) is 2.32. The van der Waals surface area contributed by atoms with E-state index < -0.39 is 11.8 Å². The molecule has 1 unspecified atom stereocenters. The van der Waals surface area contributed by atoms with Crippen LogP contribution in [0.4, 0.5) is 4.39 Å². The zero-order chi connectivity index (χ0) is 9.35. The van der Waals surface area contributed by atoms with Gasteiger partial charge in [-0.3, -0.25) is 0 Å². The van der Waals surface area contributed by atoms with E-state index in [1.165, 1.54) is 13.2 Å². The van der Waals surface area contributed by atoms with Crippen LogP contribution in [0, 0.1) is 11.3 Å². The lowest BCUT2D eigenvalue weighted by Crippen LogP contribution is -2.01. The molecule has 0 aromatic heterocycles. The number of methoxy groups -OCH3 is 1. The molecule has 1 atom stereocenters. The summed E-state index contributed by atoms with van der Waals surface area (Å²) >= 11 is 0. The molecule has 1 fully saturated rings. The van der Waals surface area contributed by atoms with Crippen LogP contribution in [-0.2, 0) is 9.53 Å². The molecule has 0 aromatic rings. The molecule has 3 heteroatoms. The summed E-state index contributed by atoms with van der Waals surface area (Å²) in [7, 11) is 1.17. The van der Waals surface area contributed by atoms with E-state index in [1.807, 2.05) is 13.8 Å². The Labute approximate surface area is 71.4 Å². The molecular weight excluding hydrogens is 159 g/mol. The normalized spacial score (nSPS) is 26.7. The molecule has 1 aliphatic rings. The third-order valence-corrected chi connectivity index (χ3v) is 2.32. The fourth-order valence-electron chi connectivity index (χ4n) is 1.13. The lowest BCUT2D eigenvalue weighted by molar-refractivity contribution is -0.137. The number of carbonyl (C=O) groups is 1. The highest BCUT2D eigenvalue weighted by atomic mass is 19.1. The highest BCUT2D eigenvalue weighted by molar-refractivity contribution is 5.85. The molecule has 0 heterocycles. The van der Waals surface area contributed by atoms with Gasteiger partial charge in [-0.15, -0.1) is 0 Å². The van der Waals surface area contributed by atoms with Crippen molar-refractivity contribution < 1.29 is 13.9 Å². The van der Waals surface area contributed by atoms with Gasteiger partial charge in [0.2, 0.25) is 5.83 Å². The van der Waals surface area contributed by atoms with Crippen molar-refractivity contribution in [3.63, 3.8) is 0 Å². The predicted octanol–water partition coefficient (Wildman–Crippen LogP) is 2.06. The van der Waals surface area contributed by atoms with Gasteiger partial charge in [0, 0.05) is 0 Å². The number of carbonyl (C=O) groups excluding carboxylic acids is 1. The predicted molar refractivity (Wildman–Crippen MR) is 43.1 cm³/mol. The number of hydrogen-bond acceptors (Lipinski definition) is 2. The first kappa shape index (κ1) is 9.23. The first-order valence-corrected chi connectivity index (χ1v) is 3.93. The van der Waals surface area contributed by atoms with Gasteiger partial charge < -0.3 is 4.74 Å². The molecule has 68 valence electrons. The molecule has 0 spiro atoms. The zero-order valence-corrected chi connectivity index (χ0v) is 7.56. The Morgan fingerprint density at radius 3 is 2.50 bits per heavy atom. The van der Waals surface area contributed by atoms with Crippen molar-refractivity contribution in [3.05, 3.63) is 11.9 Å². The van der Waals surface area contributed by atoms with Crippen LogP contribution < -0.4 is 0 Å². The number of halogens is 1. The summed E-state index contributed by atoms with van der Waals surface area (Å²) in [5.74, 6) is -1.46. The van der Waals surface area contributed by atoms with Gasteiger partial charge in [0.15, 0.2) is 0 Å². The SMILES string of the molecule is COC(=O)/C(F)=C/C1CC1(C)C. The Kier molecular flexibility index (Phi) is 2.22. The Balaban J connectivity index is 2.54. The average Bonchev–Trinajstić information content (AvgIpc) is 2.57. The maximum atomic E-state index is 12.8. The first-order valence-electron chi connectivity index (χ1n) is 3.93. The van der Waals surface area contributed by atoms with Crippen LogP contribution in [0.3, 0.4) is 0 Å². The summed E-state index contributed by atoms with van der Waals surface area (Å²) in [5, 5.41) is 0. The summed E-state index contributed by atoms with van der Waals surface area (Å²) in [6.45, 7) is 4.08. The molecule has 1 rings (SSSR count). The Bertz CT molecular complexity index is 231. The largest absolute Gasteiger partial charge is 0.464 e. The van der Waals surface area contributed by atoms with E-state index in [0.717, 1.165) is 6.42 Å². The molecule has 0 aliphatic heterocycles. The summed E-state index contributed by atoms with van der Waals surface area (Å²) in [5.41, 5.74) is 0.158. The Hall–Kier alpha value is -0.860. The summed E-state index contributed by atoms with van der Waals surface area (Å²) in [6, 6.07) is 0. The minimum Gasteiger partial charge on any atom is -0.464 e. The number of ether oxygens (including phenoxy) is 1. The monoisotopic (exact) mass is 172 g/mol. The zero-order valence-electron chi connectivity index (χ0n) is 7.56. The summed E-state index contributed by atoms with van der Waals surface area (Å²) in [4.78, 5) is 10.6. The van der Waals surface area contributed by atoms with Crippen LogP contribution in [-0.4, -0.2) is 13.1 Å². The summed E-state index contributed by atoms with van der Waals surface area (Å²) < 4.78 is 17.0. The highest BCUT2D eigenvalue weighted by Crippen LogP contribution is 2.52. The van der Waals surface area contributed by atoms with Crippen LogP contribution in [0.2, 0.25) is 0 Å². The minimum absolute atomic E-state index is 0.158. The van der Waals surface area contributed by atoms with E-state index in [0.29, 0.717) is 0 Å². The first-order chi connectivity index (χ1) is 5.47. The maximum Gasteiger partial charge on any atom is 0.366 e. The van der Waals surface area contributed by atoms with Crippen molar-refractivity contribution >= 4 is 5.97 Å². The Morgan fingerprint density at radius 2 is 2.17 bits per heavy atom. The standard InChI is InChI=1S/C9H13FO2/c1-9(2)5-6(9)4-7(10)8(11)12-3/h4,6H,5H2,1-3H3/b7-4-. The molecule has 1 saturated carbocycles. The van der Waals surface area contributed by atoms with Crippen LogP contribution in [0.15, 0.2) is 11.9 Å². The molecule has 0 amide bonds. The second-order valence-corrected chi connectivity index (χ2v) is 3.81. The fraction of sp³-hybridized carbons (Fsp3) is 0.667. The van der Waals surface area contributed by atoms with Gasteiger partial charge >= 0.3 is 5.97 Å². The van der Waals surface area contributed by atoms with E-state index >= 15 is 0 Å². The van der Waals surface area contributed by atoms with Crippen LogP contribution >= 0.6 is 0 Å². The summed E-state index contributed by atoms with van der Waals surface area (Å²) in [6.07, 6.45) is 2.29. The van der Waals surface area contributed by atoms with Crippen LogP contribution in [0.5, 0.6) is 0 Å².